The number of piperazine rings is 1. The molecule has 1 aliphatic carbocycles. The van der Waals surface area contributed by atoms with E-state index in [1.807, 2.05) is 51.9 Å². The highest BCUT2D eigenvalue weighted by Gasteiger charge is 2.33. The van der Waals surface area contributed by atoms with Crippen molar-refractivity contribution in [2.75, 3.05) is 26.2 Å². The molecule has 0 bridgehead atoms. The van der Waals surface area contributed by atoms with Crippen molar-refractivity contribution in [2.45, 2.75) is 45.2 Å². The number of fused-ring (bicyclic) bond motifs is 1. The molecule has 1 unspecified atom stereocenters. The molecule has 2 aromatic carbocycles. The fourth-order valence-corrected chi connectivity index (χ4v) is 5.13. The van der Waals surface area contributed by atoms with Crippen molar-refractivity contribution in [1.82, 2.24) is 19.4 Å². The summed E-state index contributed by atoms with van der Waals surface area (Å²) in [6.45, 7) is 5.79. The molecule has 1 saturated heterocycles. The van der Waals surface area contributed by atoms with Crippen LogP contribution in [0.4, 0.5) is 0 Å². The van der Waals surface area contributed by atoms with Gasteiger partial charge >= 0.3 is 0 Å². The zero-order valence-electron chi connectivity index (χ0n) is 19.3. The number of amides is 1. The normalized spacial score (nSPS) is 18.3. The van der Waals surface area contributed by atoms with Gasteiger partial charge in [0.2, 0.25) is 5.91 Å². The average Bonchev–Trinajstić information content (AvgIpc) is 2.82. The number of para-hydroxylation sites is 1. The molecular weight excluding hydrogens is 412 g/mol. The molecule has 1 saturated carbocycles. The largest absolute Gasteiger partial charge is 0.340 e. The van der Waals surface area contributed by atoms with Crippen LogP contribution < -0.4 is 5.56 Å². The van der Waals surface area contributed by atoms with E-state index < -0.39 is 0 Å². The highest BCUT2D eigenvalue weighted by Crippen LogP contribution is 2.30. The Kier molecular flexibility index (Phi) is 6.27. The molecule has 1 atom stereocenters. The second-order valence-electron chi connectivity index (χ2n) is 9.28. The summed E-state index contributed by atoms with van der Waals surface area (Å²) in [5.74, 6) is 1.40. The van der Waals surface area contributed by atoms with Crippen LogP contribution in [0.25, 0.3) is 10.9 Å². The van der Waals surface area contributed by atoms with Crippen LogP contribution in [0.2, 0.25) is 0 Å². The molecule has 2 fully saturated rings. The number of benzene rings is 2. The van der Waals surface area contributed by atoms with Crippen LogP contribution in [0.15, 0.2) is 59.4 Å². The first-order valence-electron chi connectivity index (χ1n) is 12.2. The molecule has 2 aliphatic rings. The standard InChI is InChI=1S/C27H32N4O2/c1-2-24(29-15-17-30(18-16-29)26(32)21-11-8-12-21)25-28-23-14-7-6-13-22(23)27(33)31(25)19-20-9-4-3-5-10-20/h3-7,9-10,13-14,21,24H,2,8,11-12,15-19H2,1H3. The Bertz CT molecular complexity index is 1180. The minimum atomic E-state index is 0.0108. The fraction of sp³-hybridized carbons (Fsp3) is 0.444. The van der Waals surface area contributed by atoms with E-state index in [9.17, 15) is 9.59 Å². The fourth-order valence-electron chi connectivity index (χ4n) is 5.13. The van der Waals surface area contributed by atoms with Gasteiger partial charge < -0.3 is 4.90 Å². The van der Waals surface area contributed by atoms with Gasteiger partial charge in [-0.2, -0.15) is 0 Å². The SMILES string of the molecule is CCC(c1nc2ccccc2c(=O)n1Cc1ccccc1)N1CCN(C(=O)C2CCC2)CC1. The van der Waals surface area contributed by atoms with E-state index in [0.29, 0.717) is 17.8 Å². The second-order valence-corrected chi connectivity index (χ2v) is 9.28. The van der Waals surface area contributed by atoms with E-state index >= 15 is 0 Å². The van der Waals surface area contributed by atoms with Crippen molar-refractivity contribution in [3.63, 3.8) is 0 Å². The number of carbonyl (C=O) groups is 1. The van der Waals surface area contributed by atoms with Gasteiger partial charge in [0.15, 0.2) is 0 Å². The van der Waals surface area contributed by atoms with Crippen LogP contribution >= 0.6 is 0 Å². The molecule has 2 heterocycles. The lowest BCUT2D eigenvalue weighted by atomic mass is 9.84. The summed E-state index contributed by atoms with van der Waals surface area (Å²) in [5, 5.41) is 0.656. The highest BCUT2D eigenvalue weighted by molar-refractivity contribution is 5.79. The Morgan fingerprint density at radius 3 is 2.36 bits per heavy atom. The van der Waals surface area contributed by atoms with Gasteiger partial charge in [-0.1, -0.05) is 55.8 Å². The quantitative estimate of drug-likeness (QED) is 0.580. The van der Waals surface area contributed by atoms with Crippen molar-refractivity contribution in [3.05, 3.63) is 76.3 Å². The number of hydrogen-bond acceptors (Lipinski definition) is 4. The lowest BCUT2D eigenvalue weighted by molar-refractivity contribution is -0.140. The van der Waals surface area contributed by atoms with Crippen LogP contribution in [0.1, 0.15) is 50.0 Å². The van der Waals surface area contributed by atoms with Gasteiger partial charge in [0, 0.05) is 32.1 Å². The van der Waals surface area contributed by atoms with E-state index in [0.717, 1.165) is 62.3 Å². The number of hydrogen-bond donors (Lipinski definition) is 0. The summed E-state index contributed by atoms with van der Waals surface area (Å²) < 4.78 is 1.86. The zero-order chi connectivity index (χ0) is 22.8. The van der Waals surface area contributed by atoms with E-state index in [1.54, 1.807) is 0 Å². The summed E-state index contributed by atoms with van der Waals surface area (Å²) >= 11 is 0. The Balaban J connectivity index is 1.46. The predicted octanol–water partition coefficient (Wildman–Crippen LogP) is 3.84. The van der Waals surface area contributed by atoms with Gasteiger partial charge in [0.05, 0.1) is 23.5 Å². The molecule has 1 amide bonds. The van der Waals surface area contributed by atoms with Gasteiger partial charge in [-0.25, -0.2) is 4.98 Å². The molecule has 3 aromatic rings. The summed E-state index contributed by atoms with van der Waals surface area (Å²) in [5.41, 5.74) is 1.85. The molecule has 5 rings (SSSR count). The Morgan fingerprint density at radius 2 is 1.70 bits per heavy atom. The zero-order valence-corrected chi connectivity index (χ0v) is 19.3. The summed E-state index contributed by atoms with van der Waals surface area (Å²) in [7, 11) is 0. The predicted molar refractivity (Wildman–Crippen MR) is 130 cm³/mol. The van der Waals surface area contributed by atoms with Crippen molar-refractivity contribution in [2.24, 2.45) is 5.92 Å². The molecule has 0 N–H and O–H groups in total. The maximum atomic E-state index is 13.6. The molecular formula is C27H32N4O2. The van der Waals surface area contributed by atoms with E-state index in [1.165, 1.54) is 6.42 Å². The third-order valence-corrected chi connectivity index (χ3v) is 7.28. The summed E-state index contributed by atoms with van der Waals surface area (Å²) in [6, 6.07) is 17.8. The Hall–Kier alpha value is -2.99. The number of carbonyl (C=O) groups excluding carboxylic acids is 1. The number of nitrogens with zero attached hydrogens (tertiary/aromatic N) is 4. The van der Waals surface area contributed by atoms with Gasteiger partial charge in [0.25, 0.3) is 5.56 Å². The topological polar surface area (TPSA) is 58.4 Å². The van der Waals surface area contributed by atoms with Crippen molar-refractivity contribution in [3.8, 4) is 0 Å². The van der Waals surface area contributed by atoms with Crippen LogP contribution in [-0.2, 0) is 11.3 Å². The number of rotatable bonds is 6. The average molecular weight is 445 g/mol. The lowest BCUT2D eigenvalue weighted by Gasteiger charge is -2.41. The molecule has 6 nitrogen and oxygen atoms in total. The Labute approximate surface area is 194 Å². The summed E-state index contributed by atoms with van der Waals surface area (Å²) in [4.78, 5) is 35.7. The van der Waals surface area contributed by atoms with Gasteiger partial charge in [-0.15, -0.1) is 0 Å². The van der Waals surface area contributed by atoms with Crippen LogP contribution in [0.3, 0.4) is 0 Å². The van der Waals surface area contributed by atoms with E-state index in [4.69, 9.17) is 4.98 Å². The minimum absolute atomic E-state index is 0.0108. The van der Waals surface area contributed by atoms with Gasteiger partial charge in [0.1, 0.15) is 5.82 Å². The monoisotopic (exact) mass is 444 g/mol. The smallest absolute Gasteiger partial charge is 0.261 e. The Morgan fingerprint density at radius 1 is 1.00 bits per heavy atom. The van der Waals surface area contributed by atoms with Gasteiger partial charge in [-0.3, -0.25) is 19.1 Å². The third kappa shape index (κ3) is 4.32. The molecule has 6 heteroatoms. The van der Waals surface area contributed by atoms with Crippen LogP contribution in [-0.4, -0.2) is 51.4 Å². The number of aromatic nitrogens is 2. The maximum absolute atomic E-state index is 13.6. The first-order chi connectivity index (χ1) is 16.2. The van der Waals surface area contributed by atoms with Crippen molar-refractivity contribution in [1.29, 1.82) is 0 Å². The van der Waals surface area contributed by atoms with Crippen molar-refractivity contribution < 1.29 is 4.79 Å². The summed E-state index contributed by atoms with van der Waals surface area (Å²) in [6.07, 6.45) is 4.13. The van der Waals surface area contributed by atoms with Crippen LogP contribution in [0, 0.1) is 5.92 Å². The van der Waals surface area contributed by atoms with Gasteiger partial charge in [-0.05, 0) is 37.0 Å². The first kappa shape index (κ1) is 21.8. The molecule has 1 aromatic heterocycles. The van der Waals surface area contributed by atoms with Crippen molar-refractivity contribution >= 4 is 16.8 Å². The van der Waals surface area contributed by atoms with Crippen LogP contribution in [0.5, 0.6) is 0 Å². The first-order valence-corrected chi connectivity index (χ1v) is 12.2. The molecule has 0 radical (unpaired) electrons. The van der Waals surface area contributed by atoms with E-state index in [2.05, 4.69) is 24.0 Å². The maximum Gasteiger partial charge on any atom is 0.261 e. The highest BCUT2D eigenvalue weighted by atomic mass is 16.2. The third-order valence-electron chi connectivity index (χ3n) is 7.28. The minimum Gasteiger partial charge on any atom is -0.340 e. The molecule has 33 heavy (non-hydrogen) atoms. The molecule has 0 spiro atoms. The molecule has 1 aliphatic heterocycles. The lowest BCUT2D eigenvalue weighted by Crippen LogP contribution is -2.52. The molecule has 172 valence electrons. The van der Waals surface area contributed by atoms with E-state index in [-0.39, 0.29) is 17.5 Å². The second kappa shape index (κ2) is 9.48.